The van der Waals surface area contributed by atoms with Crippen molar-refractivity contribution in [2.24, 2.45) is 0 Å². The molecule has 4 rings (SSSR count). The molecule has 0 radical (unpaired) electrons. The Morgan fingerprint density at radius 3 is 3.20 bits per heavy atom. The van der Waals surface area contributed by atoms with Crippen molar-refractivity contribution in [3.8, 4) is 0 Å². The molecule has 0 bridgehead atoms. The quantitative estimate of drug-likeness (QED) is 0.748. The molecule has 104 valence electrons. The highest BCUT2D eigenvalue weighted by atomic mass is 35.5. The molecular weight excluding hydrogens is 282 g/mol. The molecule has 9 heteroatoms. The number of piperazine rings is 1. The Morgan fingerprint density at radius 1 is 1.40 bits per heavy atom. The van der Waals surface area contributed by atoms with Gasteiger partial charge in [0.1, 0.15) is 17.3 Å². The summed E-state index contributed by atoms with van der Waals surface area (Å²) in [6.07, 6.45) is 1.46. The van der Waals surface area contributed by atoms with Gasteiger partial charge in [-0.25, -0.2) is 4.79 Å². The number of nitrogens with zero attached hydrogens (tertiary/aromatic N) is 6. The minimum atomic E-state index is 0.0216. The van der Waals surface area contributed by atoms with Gasteiger partial charge in [-0.05, 0) is 0 Å². The molecule has 2 aliphatic rings. The summed E-state index contributed by atoms with van der Waals surface area (Å²) >= 11 is 6.04. The van der Waals surface area contributed by atoms with Crippen LogP contribution < -0.4 is 10.2 Å². The van der Waals surface area contributed by atoms with Crippen LogP contribution in [-0.2, 0) is 0 Å². The number of halogens is 1. The molecule has 20 heavy (non-hydrogen) atoms. The predicted octanol–water partition coefficient (Wildman–Crippen LogP) is -0.00850. The zero-order chi connectivity index (χ0) is 13.7. The highest BCUT2D eigenvalue weighted by Gasteiger charge is 2.36. The minimum Gasteiger partial charge on any atom is -0.352 e. The SMILES string of the molecule is O=C1NCC2CN(c3cc(Cl)nc4ncnn34)CCN12. The van der Waals surface area contributed by atoms with Crippen LogP contribution in [0.25, 0.3) is 5.78 Å². The van der Waals surface area contributed by atoms with Gasteiger partial charge in [-0.3, -0.25) is 0 Å². The second-order valence-corrected chi connectivity index (χ2v) is 5.28. The molecule has 4 heterocycles. The summed E-state index contributed by atoms with van der Waals surface area (Å²) in [6.45, 7) is 2.84. The number of amides is 2. The Hall–Kier alpha value is -2.09. The van der Waals surface area contributed by atoms with Gasteiger partial charge in [-0.1, -0.05) is 11.6 Å². The molecule has 0 saturated carbocycles. The maximum atomic E-state index is 11.6. The number of anilines is 1. The van der Waals surface area contributed by atoms with E-state index < -0.39 is 0 Å². The van der Waals surface area contributed by atoms with E-state index in [1.807, 2.05) is 4.90 Å². The Morgan fingerprint density at radius 2 is 2.30 bits per heavy atom. The van der Waals surface area contributed by atoms with Crippen molar-refractivity contribution in [1.29, 1.82) is 0 Å². The normalized spacial score (nSPS) is 22.2. The number of aromatic nitrogens is 4. The van der Waals surface area contributed by atoms with Crippen LogP contribution in [0.3, 0.4) is 0 Å². The first kappa shape index (κ1) is 11.7. The van der Waals surface area contributed by atoms with Gasteiger partial charge in [-0.2, -0.15) is 19.6 Å². The molecule has 8 nitrogen and oxygen atoms in total. The fourth-order valence-corrected chi connectivity index (χ4v) is 2.98. The van der Waals surface area contributed by atoms with Crippen LogP contribution in [0.4, 0.5) is 10.6 Å². The van der Waals surface area contributed by atoms with Crippen LogP contribution in [0.2, 0.25) is 5.15 Å². The molecule has 2 aliphatic heterocycles. The lowest BCUT2D eigenvalue weighted by Gasteiger charge is -2.37. The van der Waals surface area contributed by atoms with Crippen LogP contribution >= 0.6 is 11.6 Å². The smallest absolute Gasteiger partial charge is 0.317 e. The molecule has 2 amide bonds. The highest BCUT2D eigenvalue weighted by Crippen LogP contribution is 2.23. The molecule has 1 N–H and O–H groups in total. The maximum absolute atomic E-state index is 11.6. The largest absolute Gasteiger partial charge is 0.352 e. The van der Waals surface area contributed by atoms with Gasteiger partial charge >= 0.3 is 6.03 Å². The van der Waals surface area contributed by atoms with Gasteiger partial charge in [0.2, 0.25) is 0 Å². The van der Waals surface area contributed by atoms with Gasteiger partial charge in [0.05, 0.1) is 6.04 Å². The summed E-state index contributed by atoms with van der Waals surface area (Å²) in [5.74, 6) is 1.34. The summed E-state index contributed by atoms with van der Waals surface area (Å²) in [6, 6.07) is 1.98. The molecular formula is C11H12ClN7O. The third kappa shape index (κ3) is 1.68. The number of hydrogen-bond donors (Lipinski definition) is 1. The lowest BCUT2D eigenvalue weighted by molar-refractivity contribution is 0.197. The van der Waals surface area contributed by atoms with Crippen LogP contribution in [0.5, 0.6) is 0 Å². The average molecular weight is 294 g/mol. The first-order chi connectivity index (χ1) is 9.72. The third-order valence-corrected chi connectivity index (χ3v) is 3.95. The van der Waals surface area contributed by atoms with Crippen LogP contribution in [0.15, 0.2) is 12.4 Å². The Bertz CT molecular complexity index is 686. The third-order valence-electron chi connectivity index (χ3n) is 3.76. The van der Waals surface area contributed by atoms with Gasteiger partial charge in [0.25, 0.3) is 5.78 Å². The Labute approximate surface area is 119 Å². The lowest BCUT2D eigenvalue weighted by Crippen LogP contribution is -2.52. The number of fused-ring (bicyclic) bond motifs is 2. The van der Waals surface area contributed by atoms with Gasteiger partial charge in [-0.15, -0.1) is 0 Å². The second kappa shape index (κ2) is 4.20. The number of urea groups is 1. The Balaban J connectivity index is 1.70. The summed E-state index contributed by atoms with van der Waals surface area (Å²) in [5.41, 5.74) is 0. The number of hydrogen-bond acceptors (Lipinski definition) is 5. The van der Waals surface area contributed by atoms with Crippen molar-refractivity contribution in [1.82, 2.24) is 29.8 Å². The standard InChI is InChI=1S/C11H12ClN7O/c12-8-3-9(19-10(16-8)14-6-15-19)17-1-2-18-7(5-17)4-13-11(18)20/h3,6-7H,1-2,4-5H2,(H,13,20). The zero-order valence-electron chi connectivity index (χ0n) is 10.5. The fraction of sp³-hybridized carbons (Fsp3) is 0.455. The molecule has 2 aromatic rings. The molecule has 1 unspecified atom stereocenters. The van der Waals surface area contributed by atoms with Crippen molar-refractivity contribution in [3.63, 3.8) is 0 Å². The number of carbonyl (C=O) groups excluding carboxylic acids is 1. The monoisotopic (exact) mass is 293 g/mol. The fourth-order valence-electron chi connectivity index (χ4n) is 2.81. The highest BCUT2D eigenvalue weighted by molar-refractivity contribution is 6.29. The van der Waals surface area contributed by atoms with Gasteiger partial charge in [0, 0.05) is 32.2 Å². The van der Waals surface area contributed by atoms with Crippen LogP contribution in [0.1, 0.15) is 0 Å². The Kier molecular flexibility index (Phi) is 2.46. The predicted molar refractivity (Wildman–Crippen MR) is 71.9 cm³/mol. The van der Waals surface area contributed by atoms with Crippen molar-refractivity contribution in [3.05, 3.63) is 17.5 Å². The molecule has 0 aliphatic carbocycles. The lowest BCUT2D eigenvalue weighted by atomic mass is 10.2. The van der Waals surface area contributed by atoms with E-state index in [1.54, 1.807) is 10.6 Å². The average Bonchev–Trinajstić information content (AvgIpc) is 3.04. The summed E-state index contributed by atoms with van der Waals surface area (Å²) < 4.78 is 1.67. The molecule has 1 atom stereocenters. The summed E-state index contributed by atoms with van der Waals surface area (Å²) in [5, 5.41) is 7.44. The van der Waals surface area contributed by atoms with E-state index in [9.17, 15) is 4.79 Å². The van der Waals surface area contributed by atoms with Crippen molar-refractivity contribution < 1.29 is 4.79 Å². The van der Waals surface area contributed by atoms with Crippen molar-refractivity contribution in [2.45, 2.75) is 6.04 Å². The van der Waals surface area contributed by atoms with E-state index in [2.05, 4.69) is 25.3 Å². The van der Waals surface area contributed by atoms with E-state index in [1.165, 1.54) is 6.33 Å². The molecule has 0 aromatic carbocycles. The van der Waals surface area contributed by atoms with Crippen LogP contribution in [-0.4, -0.2) is 62.7 Å². The summed E-state index contributed by atoms with van der Waals surface area (Å²) in [7, 11) is 0. The first-order valence-corrected chi connectivity index (χ1v) is 6.76. The topological polar surface area (TPSA) is 78.7 Å². The van der Waals surface area contributed by atoms with Crippen molar-refractivity contribution >= 4 is 29.2 Å². The summed E-state index contributed by atoms with van der Waals surface area (Å²) in [4.78, 5) is 23.8. The second-order valence-electron chi connectivity index (χ2n) is 4.89. The van der Waals surface area contributed by atoms with E-state index >= 15 is 0 Å². The number of carbonyl (C=O) groups is 1. The van der Waals surface area contributed by atoms with Gasteiger partial charge in [0.15, 0.2) is 0 Å². The van der Waals surface area contributed by atoms with E-state index in [0.717, 1.165) is 18.9 Å². The molecule has 0 spiro atoms. The minimum absolute atomic E-state index is 0.0216. The zero-order valence-corrected chi connectivity index (χ0v) is 11.3. The molecule has 2 aromatic heterocycles. The van der Waals surface area contributed by atoms with Gasteiger partial charge < -0.3 is 15.1 Å². The van der Waals surface area contributed by atoms with E-state index in [-0.39, 0.29) is 12.1 Å². The van der Waals surface area contributed by atoms with Crippen molar-refractivity contribution in [2.75, 3.05) is 31.1 Å². The molecule has 2 fully saturated rings. The molecule has 2 saturated heterocycles. The number of nitrogens with one attached hydrogen (secondary N) is 1. The first-order valence-electron chi connectivity index (χ1n) is 6.38. The number of rotatable bonds is 1. The van der Waals surface area contributed by atoms with E-state index in [4.69, 9.17) is 11.6 Å². The van der Waals surface area contributed by atoms with E-state index in [0.29, 0.717) is 24.0 Å². The van der Waals surface area contributed by atoms with Crippen LogP contribution in [0, 0.1) is 0 Å². The maximum Gasteiger partial charge on any atom is 0.317 e.